The molecule has 0 fully saturated rings. The quantitative estimate of drug-likeness (QED) is 0.922. The molecule has 0 atom stereocenters. The van der Waals surface area contributed by atoms with Gasteiger partial charge in [-0.2, -0.15) is 13.9 Å². The summed E-state index contributed by atoms with van der Waals surface area (Å²) in [4.78, 5) is 11.9. The third kappa shape index (κ3) is 3.91. The number of carbonyl (C=O) groups is 1. The number of halogens is 3. The molecule has 1 N–H and O–H groups in total. The highest BCUT2D eigenvalue weighted by Crippen LogP contribution is 2.25. The van der Waals surface area contributed by atoms with E-state index in [1.165, 1.54) is 29.1 Å². The lowest BCUT2D eigenvalue weighted by atomic mass is 10.3. The molecule has 1 heterocycles. The number of aromatic nitrogens is 2. The van der Waals surface area contributed by atoms with Gasteiger partial charge in [-0.15, -0.1) is 0 Å². The number of anilines is 1. The Morgan fingerprint density at radius 1 is 1.48 bits per heavy atom. The molecule has 0 spiro atoms. The molecule has 5 nitrogen and oxygen atoms in total. The number of alkyl halides is 2. The Morgan fingerprint density at radius 3 is 2.81 bits per heavy atom. The van der Waals surface area contributed by atoms with E-state index < -0.39 is 12.5 Å². The zero-order valence-corrected chi connectivity index (χ0v) is 11.8. The van der Waals surface area contributed by atoms with Gasteiger partial charge < -0.3 is 10.1 Å². The van der Waals surface area contributed by atoms with E-state index in [1.54, 1.807) is 13.0 Å². The summed E-state index contributed by atoms with van der Waals surface area (Å²) in [7, 11) is 0. The van der Waals surface area contributed by atoms with Crippen LogP contribution in [0.2, 0.25) is 5.02 Å². The number of nitrogens with one attached hydrogen (secondary N) is 1. The lowest BCUT2D eigenvalue weighted by Crippen LogP contribution is -2.20. The van der Waals surface area contributed by atoms with Gasteiger partial charge in [-0.1, -0.05) is 23.7 Å². The van der Waals surface area contributed by atoms with Gasteiger partial charge in [0.15, 0.2) is 0 Å². The number of hydrogen-bond donors (Lipinski definition) is 1. The van der Waals surface area contributed by atoms with Crippen LogP contribution in [0.25, 0.3) is 0 Å². The second-order valence-corrected chi connectivity index (χ2v) is 4.57. The van der Waals surface area contributed by atoms with E-state index in [0.29, 0.717) is 10.7 Å². The number of amides is 1. The Balaban J connectivity index is 2.08. The van der Waals surface area contributed by atoms with Crippen LogP contribution < -0.4 is 10.1 Å². The van der Waals surface area contributed by atoms with E-state index in [9.17, 15) is 13.6 Å². The fourth-order valence-corrected chi connectivity index (χ4v) is 1.82. The summed E-state index contributed by atoms with van der Waals surface area (Å²) in [5.74, 6) is -0.528. The summed E-state index contributed by atoms with van der Waals surface area (Å²) in [6.45, 7) is -1.33. The van der Waals surface area contributed by atoms with Crippen LogP contribution in [-0.2, 0) is 11.3 Å². The third-order valence-electron chi connectivity index (χ3n) is 2.71. The molecule has 2 aromatic rings. The predicted octanol–water partition coefficient (Wildman–Crippen LogP) is 3.09. The molecular weight excluding hydrogens is 304 g/mol. The van der Waals surface area contributed by atoms with Crippen molar-refractivity contribution < 1.29 is 18.3 Å². The molecule has 0 saturated carbocycles. The van der Waals surface area contributed by atoms with Gasteiger partial charge in [0.2, 0.25) is 5.91 Å². The van der Waals surface area contributed by atoms with Gasteiger partial charge in [0.1, 0.15) is 12.3 Å². The molecule has 112 valence electrons. The SMILES string of the molecule is Cc1c(Cl)cnn1CC(=O)Nc1ccccc1OC(F)F. The smallest absolute Gasteiger partial charge is 0.387 e. The van der Waals surface area contributed by atoms with E-state index in [-0.39, 0.29) is 18.0 Å². The second-order valence-electron chi connectivity index (χ2n) is 4.16. The van der Waals surface area contributed by atoms with E-state index in [4.69, 9.17) is 11.6 Å². The number of carbonyl (C=O) groups excluding carboxylic acids is 1. The number of nitrogens with zero attached hydrogens (tertiary/aromatic N) is 2. The first kappa shape index (κ1) is 15.2. The lowest BCUT2D eigenvalue weighted by molar-refractivity contribution is -0.117. The summed E-state index contributed by atoms with van der Waals surface area (Å²) in [5.41, 5.74) is 0.808. The fraction of sp³-hybridized carbons (Fsp3) is 0.231. The molecule has 0 aliphatic rings. The average molecular weight is 316 g/mol. The Hall–Kier alpha value is -2.15. The molecule has 2 rings (SSSR count). The largest absolute Gasteiger partial charge is 0.433 e. The maximum Gasteiger partial charge on any atom is 0.387 e. The molecule has 1 amide bonds. The first-order chi connectivity index (χ1) is 9.97. The van der Waals surface area contributed by atoms with Crippen LogP contribution in [-0.4, -0.2) is 22.3 Å². The van der Waals surface area contributed by atoms with Gasteiger partial charge in [0, 0.05) is 0 Å². The Kier molecular flexibility index (Phi) is 4.74. The van der Waals surface area contributed by atoms with Crippen molar-refractivity contribution in [2.24, 2.45) is 0 Å². The molecule has 0 aliphatic carbocycles. The molecule has 0 radical (unpaired) electrons. The maximum absolute atomic E-state index is 12.3. The minimum atomic E-state index is -2.96. The molecule has 1 aromatic heterocycles. The van der Waals surface area contributed by atoms with Crippen molar-refractivity contribution in [3.05, 3.63) is 41.2 Å². The van der Waals surface area contributed by atoms with Gasteiger partial charge in [-0.25, -0.2) is 0 Å². The third-order valence-corrected chi connectivity index (χ3v) is 3.08. The maximum atomic E-state index is 12.3. The molecule has 0 aliphatic heterocycles. The van der Waals surface area contributed by atoms with E-state index in [2.05, 4.69) is 15.2 Å². The summed E-state index contributed by atoms with van der Waals surface area (Å²) in [5, 5.41) is 6.89. The normalized spacial score (nSPS) is 10.7. The van der Waals surface area contributed by atoms with Crippen LogP contribution in [0.1, 0.15) is 5.69 Å². The fourth-order valence-electron chi connectivity index (χ4n) is 1.68. The zero-order chi connectivity index (χ0) is 15.4. The molecule has 21 heavy (non-hydrogen) atoms. The Morgan fingerprint density at radius 2 is 2.19 bits per heavy atom. The number of benzene rings is 1. The van der Waals surface area contributed by atoms with E-state index in [0.717, 1.165) is 0 Å². The molecule has 0 unspecified atom stereocenters. The first-order valence-corrected chi connectivity index (χ1v) is 6.36. The van der Waals surface area contributed by atoms with E-state index >= 15 is 0 Å². The lowest BCUT2D eigenvalue weighted by Gasteiger charge is -2.12. The van der Waals surface area contributed by atoms with Gasteiger partial charge in [0.05, 0.1) is 22.6 Å². The number of ether oxygens (including phenoxy) is 1. The van der Waals surface area contributed by atoms with Crippen molar-refractivity contribution >= 4 is 23.2 Å². The number of hydrogen-bond acceptors (Lipinski definition) is 3. The van der Waals surface area contributed by atoms with Crippen molar-refractivity contribution in [2.75, 3.05) is 5.32 Å². The van der Waals surface area contributed by atoms with Gasteiger partial charge >= 0.3 is 6.61 Å². The monoisotopic (exact) mass is 315 g/mol. The van der Waals surface area contributed by atoms with Crippen LogP contribution in [0.4, 0.5) is 14.5 Å². The molecule has 0 bridgehead atoms. The van der Waals surface area contributed by atoms with Crippen molar-refractivity contribution in [2.45, 2.75) is 20.1 Å². The Labute approximate surface area is 124 Å². The minimum absolute atomic E-state index is 0.0818. The topological polar surface area (TPSA) is 56.2 Å². The van der Waals surface area contributed by atoms with E-state index in [1.807, 2.05) is 0 Å². The Bertz CT molecular complexity index is 646. The molecule has 1 aromatic carbocycles. The summed E-state index contributed by atoms with van der Waals surface area (Å²) >= 11 is 5.84. The van der Waals surface area contributed by atoms with Gasteiger partial charge in [-0.05, 0) is 19.1 Å². The summed E-state index contributed by atoms with van der Waals surface area (Å²) in [6, 6.07) is 5.95. The van der Waals surface area contributed by atoms with Crippen LogP contribution in [0.5, 0.6) is 5.75 Å². The zero-order valence-electron chi connectivity index (χ0n) is 11.0. The molecular formula is C13H12ClF2N3O2. The molecule has 0 saturated heterocycles. The van der Waals surface area contributed by atoms with Crippen LogP contribution in [0.3, 0.4) is 0 Å². The summed E-state index contributed by atoms with van der Waals surface area (Å²) in [6.07, 6.45) is 1.43. The van der Waals surface area contributed by atoms with Gasteiger partial charge in [-0.3, -0.25) is 9.48 Å². The van der Waals surface area contributed by atoms with Crippen molar-refractivity contribution in [1.82, 2.24) is 9.78 Å². The second kappa shape index (κ2) is 6.53. The average Bonchev–Trinajstić information content (AvgIpc) is 2.72. The highest BCUT2D eigenvalue weighted by Gasteiger charge is 2.13. The molecule has 8 heteroatoms. The van der Waals surface area contributed by atoms with Gasteiger partial charge in [0.25, 0.3) is 0 Å². The number of para-hydroxylation sites is 2. The van der Waals surface area contributed by atoms with Crippen LogP contribution >= 0.6 is 11.6 Å². The predicted molar refractivity (Wildman–Crippen MR) is 73.7 cm³/mol. The van der Waals surface area contributed by atoms with Crippen molar-refractivity contribution in [1.29, 1.82) is 0 Å². The highest BCUT2D eigenvalue weighted by atomic mass is 35.5. The van der Waals surface area contributed by atoms with Crippen molar-refractivity contribution in [3.63, 3.8) is 0 Å². The standard InChI is InChI=1S/C13H12ClF2N3O2/c1-8-9(14)6-17-19(8)7-12(20)18-10-4-2-3-5-11(10)21-13(15)16/h2-6,13H,7H2,1H3,(H,18,20). The first-order valence-electron chi connectivity index (χ1n) is 5.99. The highest BCUT2D eigenvalue weighted by molar-refractivity contribution is 6.31. The van der Waals surface area contributed by atoms with Crippen LogP contribution in [0.15, 0.2) is 30.5 Å². The van der Waals surface area contributed by atoms with Crippen molar-refractivity contribution in [3.8, 4) is 5.75 Å². The minimum Gasteiger partial charge on any atom is -0.433 e. The van der Waals surface area contributed by atoms with Crippen LogP contribution in [0, 0.1) is 6.92 Å². The number of rotatable bonds is 5. The summed E-state index contributed by atoms with van der Waals surface area (Å²) < 4.78 is 30.3.